The molecule has 0 atom stereocenters. The van der Waals surface area contributed by atoms with Crippen LogP contribution in [-0.2, 0) is 4.79 Å². The summed E-state index contributed by atoms with van der Waals surface area (Å²) in [6.07, 6.45) is 0. The number of pyridine rings is 1. The van der Waals surface area contributed by atoms with E-state index in [-0.39, 0.29) is 24.0 Å². The lowest BCUT2D eigenvalue weighted by Gasteiger charge is -2.03. The second-order valence-corrected chi connectivity index (χ2v) is 3.02. The Hall–Kier alpha value is -1.98. The average Bonchev–Trinajstić information content (AvgIpc) is 2.15. The van der Waals surface area contributed by atoms with Crippen LogP contribution in [0.3, 0.4) is 0 Å². The number of nitrogens with zero attached hydrogens (tertiary/aromatic N) is 2. The molecule has 1 aromatic heterocycles. The average molecular weight is 210 g/mol. The lowest BCUT2D eigenvalue weighted by Crippen LogP contribution is -2.08. The van der Waals surface area contributed by atoms with Gasteiger partial charge >= 0.3 is 5.82 Å². The maximum Gasteiger partial charge on any atom is 0.406 e. The van der Waals surface area contributed by atoms with Crippen LogP contribution in [0.5, 0.6) is 5.75 Å². The quantitative estimate of drug-likeness (QED) is 0.552. The van der Waals surface area contributed by atoms with Crippen molar-refractivity contribution in [1.82, 2.24) is 4.98 Å². The van der Waals surface area contributed by atoms with Crippen molar-refractivity contribution in [1.29, 1.82) is 0 Å². The van der Waals surface area contributed by atoms with E-state index in [9.17, 15) is 14.9 Å². The van der Waals surface area contributed by atoms with Gasteiger partial charge in [-0.1, -0.05) is 0 Å². The van der Waals surface area contributed by atoms with Crippen molar-refractivity contribution in [2.75, 3.05) is 6.61 Å². The van der Waals surface area contributed by atoms with E-state index < -0.39 is 4.92 Å². The highest BCUT2D eigenvalue weighted by Crippen LogP contribution is 2.24. The van der Waals surface area contributed by atoms with Gasteiger partial charge in [-0.3, -0.25) is 4.79 Å². The molecular formula is C9H10N2O4. The van der Waals surface area contributed by atoms with E-state index in [1.54, 1.807) is 13.0 Å². The molecule has 1 aromatic rings. The predicted octanol–water partition coefficient (Wildman–Crippen LogP) is 1.27. The van der Waals surface area contributed by atoms with Crippen molar-refractivity contribution in [2.45, 2.75) is 13.8 Å². The third-order valence-electron chi connectivity index (χ3n) is 1.58. The van der Waals surface area contributed by atoms with Gasteiger partial charge in [0.05, 0.1) is 0 Å². The number of hydrogen-bond donors (Lipinski definition) is 0. The first-order valence-electron chi connectivity index (χ1n) is 4.25. The Bertz CT molecular complexity index is 403. The molecule has 15 heavy (non-hydrogen) atoms. The summed E-state index contributed by atoms with van der Waals surface area (Å²) in [6, 6.07) is 3.02. The molecule has 0 aromatic carbocycles. The molecule has 0 spiro atoms. The summed E-state index contributed by atoms with van der Waals surface area (Å²) in [7, 11) is 0. The van der Waals surface area contributed by atoms with Crippen molar-refractivity contribution in [2.24, 2.45) is 0 Å². The molecule has 80 valence electrons. The Labute approximate surface area is 86.0 Å². The number of ketones is 1. The van der Waals surface area contributed by atoms with Crippen LogP contribution >= 0.6 is 0 Å². The summed E-state index contributed by atoms with van der Waals surface area (Å²) in [5.74, 6) is -0.554. The zero-order valence-electron chi connectivity index (χ0n) is 8.39. The second-order valence-electron chi connectivity index (χ2n) is 3.02. The topological polar surface area (TPSA) is 82.3 Å². The SMILES string of the molecule is CC(=O)COc1ccc(C)nc1[N+](=O)[O-]. The molecule has 0 bridgehead atoms. The van der Waals surface area contributed by atoms with Gasteiger partial charge < -0.3 is 14.9 Å². The van der Waals surface area contributed by atoms with Gasteiger partial charge in [-0.05, 0) is 29.0 Å². The lowest BCUT2D eigenvalue weighted by molar-refractivity contribution is -0.390. The fraction of sp³-hybridized carbons (Fsp3) is 0.333. The summed E-state index contributed by atoms with van der Waals surface area (Å²) in [4.78, 5) is 24.3. The summed E-state index contributed by atoms with van der Waals surface area (Å²) < 4.78 is 4.96. The number of nitro groups is 1. The maximum atomic E-state index is 10.6. The van der Waals surface area contributed by atoms with Crippen LogP contribution in [0.1, 0.15) is 12.6 Å². The van der Waals surface area contributed by atoms with Gasteiger partial charge in [-0.15, -0.1) is 0 Å². The minimum atomic E-state index is -0.636. The summed E-state index contributed by atoms with van der Waals surface area (Å²) in [5, 5.41) is 10.6. The fourth-order valence-corrected chi connectivity index (χ4v) is 0.953. The molecule has 0 radical (unpaired) electrons. The van der Waals surface area contributed by atoms with Crippen LogP contribution in [0.2, 0.25) is 0 Å². The molecule has 0 aliphatic rings. The van der Waals surface area contributed by atoms with Crippen molar-refractivity contribution >= 4 is 11.6 Å². The number of aryl methyl sites for hydroxylation is 1. The van der Waals surface area contributed by atoms with Gasteiger partial charge in [0.15, 0.2) is 5.78 Å². The van der Waals surface area contributed by atoms with Crippen LogP contribution in [0.15, 0.2) is 12.1 Å². The minimum Gasteiger partial charge on any atom is -0.478 e. The van der Waals surface area contributed by atoms with Crippen molar-refractivity contribution in [3.05, 3.63) is 27.9 Å². The summed E-state index contributed by atoms with van der Waals surface area (Å²) in [5.41, 5.74) is 0.525. The van der Waals surface area contributed by atoms with Gasteiger partial charge in [0.25, 0.3) is 0 Å². The molecule has 6 nitrogen and oxygen atoms in total. The van der Waals surface area contributed by atoms with Crippen LogP contribution in [0.25, 0.3) is 0 Å². The largest absolute Gasteiger partial charge is 0.478 e. The predicted molar refractivity (Wildman–Crippen MR) is 51.8 cm³/mol. The first-order chi connectivity index (χ1) is 7.00. The highest BCUT2D eigenvalue weighted by Gasteiger charge is 2.17. The Morgan fingerprint density at radius 2 is 2.27 bits per heavy atom. The van der Waals surface area contributed by atoms with Crippen molar-refractivity contribution < 1.29 is 14.5 Å². The second kappa shape index (κ2) is 4.50. The third-order valence-corrected chi connectivity index (χ3v) is 1.58. The monoisotopic (exact) mass is 210 g/mol. The van der Waals surface area contributed by atoms with E-state index in [0.29, 0.717) is 5.69 Å². The molecule has 0 aliphatic heterocycles. The molecule has 0 fully saturated rings. The Kier molecular flexibility index (Phi) is 3.33. The van der Waals surface area contributed by atoms with Gasteiger partial charge in [-0.2, -0.15) is 0 Å². The number of carbonyl (C=O) groups excluding carboxylic acids is 1. The normalized spacial score (nSPS) is 9.73. The fourth-order valence-electron chi connectivity index (χ4n) is 0.953. The molecule has 0 unspecified atom stereocenters. The standard InChI is InChI=1S/C9H10N2O4/c1-6-3-4-8(15-5-7(2)12)9(10-6)11(13)14/h3-4H,5H2,1-2H3. The van der Waals surface area contributed by atoms with Crippen LogP contribution in [0, 0.1) is 17.0 Å². The number of Topliss-reactive ketones (excluding diaryl/α,β-unsaturated/α-hetero) is 1. The van der Waals surface area contributed by atoms with E-state index in [4.69, 9.17) is 4.74 Å². The number of carbonyl (C=O) groups is 1. The molecular weight excluding hydrogens is 200 g/mol. The third kappa shape index (κ3) is 3.01. The van der Waals surface area contributed by atoms with Crippen molar-refractivity contribution in [3.8, 4) is 5.75 Å². The Balaban J connectivity index is 2.95. The Morgan fingerprint density at radius 3 is 2.80 bits per heavy atom. The molecule has 0 saturated carbocycles. The smallest absolute Gasteiger partial charge is 0.406 e. The first kappa shape index (κ1) is 11.1. The zero-order valence-corrected chi connectivity index (χ0v) is 8.39. The molecule has 0 amide bonds. The van der Waals surface area contributed by atoms with E-state index in [0.717, 1.165) is 0 Å². The first-order valence-corrected chi connectivity index (χ1v) is 4.25. The van der Waals surface area contributed by atoms with Crippen LogP contribution in [-0.4, -0.2) is 22.3 Å². The summed E-state index contributed by atoms with van der Waals surface area (Å²) in [6.45, 7) is 2.79. The van der Waals surface area contributed by atoms with E-state index in [2.05, 4.69) is 4.98 Å². The van der Waals surface area contributed by atoms with E-state index in [1.165, 1.54) is 13.0 Å². The zero-order chi connectivity index (χ0) is 11.4. The molecule has 1 rings (SSSR count). The highest BCUT2D eigenvalue weighted by atomic mass is 16.6. The molecule has 0 saturated heterocycles. The number of ether oxygens (including phenoxy) is 1. The number of aromatic nitrogens is 1. The van der Waals surface area contributed by atoms with Gasteiger partial charge in [0.1, 0.15) is 12.3 Å². The van der Waals surface area contributed by atoms with Gasteiger partial charge in [-0.25, -0.2) is 0 Å². The molecule has 0 N–H and O–H groups in total. The lowest BCUT2D eigenvalue weighted by atomic mass is 10.3. The van der Waals surface area contributed by atoms with Crippen LogP contribution < -0.4 is 4.74 Å². The van der Waals surface area contributed by atoms with Gasteiger partial charge in [0.2, 0.25) is 5.75 Å². The number of rotatable bonds is 4. The number of hydrogen-bond acceptors (Lipinski definition) is 5. The highest BCUT2D eigenvalue weighted by molar-refractivity contribution is 5.77. The molecule has 1 heterocycles. The minimum absolute atomic E-state index is 0.0146. The van der Waals surface area contributed by atoms with Crippen molar-refractivity contribution in [3.63, 3.8) is 0 Å². The van der Waals surface area contributed by atoms with E-state index >= 15 is 0 Å². The molecule has 6 heteroatoms. The maximum absolute atomic E-state index is 10.6. The van der Waals surface area contributed by atoms with E-state index in [1.807, 2.05) is 0 Å². The van der Waals surface area contributed by atoms with Crippen LogP contribution in [0.4, 0.5) is 5.82 Å². The molecule has 0 aliphatic carbocycles. The van der Waals surface area contributed by atoms with Gasteiger partial charge in [0, 0.05) is 6.92 Å². The Morgan fingerprint density at radius 1 is 1.60 bits per heavy atom. The summed E-state index contributed by atoms with van der Waals surface area (Å²) >= 11 is 0.